The molecule has 4 nitrogen and oxygen atoms in total. The third-order valence-electron chi connectivity index (χ3n) is 3.67. The van der Waals surface area contributed by atoms with Crippen molar-refractivity contribution in [3.05, 3.63) is 29.3 Å². The molecule has 0 fully saturated rings. The van der Waals surface area contributed by atoms with Crippen LogP contribution in [0.5, 0.6) is 0 Å². The van der Waals surface area contributed by atoms with E-state index in [1.807, 2.05) is 39.8 Å². The Morgan fingerprint density at radius 1 is 1.25 bits per heavy atom. The van der Waals surface area contributed by atoms with Gasteiger partial charge in [-0.3, -0.25) is 0 Å². The Balaban J connectivity index is 2.90. The Morgan fingerprint density at radius 2 is 1.85 bits per heavy atom. The molecule has 0 amide bonds. The topological polar surface area (TPSA) is 63.4 Å². The normalized spacial score (nSPS) is 14.0. The fourth-order valence-electron chi connectivity index (χ4n) is 1.94. The molecule has 1 aromatic carbocycles. The van der Waals surface area contributed by atoms with E-state index in [2.05, 4.69) is 0 Å². The van der Waals surface area contributed by atoms with Crippen LogP contribution >= 0.6 is 0 Å². The molecule has 1 aromatic rings. The van der Waals surface area contributed by atoms with Crippen LogP contribution in [0.25, 0.3) is 0 Å². The predicted molar refractivity (Wildman–Crippen MR) is 83.2 cm³/mol. The second-order valence-electron chi connectivity index (χ2n) is 5.79. The van der Waals surface area contributed by atoms with Crippen molar-refractivity contribution in [1.29, 1.82) is 0 Å². The molecule has 2 N–H and O–H groups in total. The quantitative estimate of drug-likeness (QED) is 0.876. The minimum Gasteiger partial charge on any atom is -0.327 e. The molecular formula is C15H26N2O2S. The minimum absolute atomic E-state index is 0.0197. The molecule has 5 heteroatoms. The maximum absolute atomic E-state index is 12.6. The average molecular weight is 298 g/mol. The number of rotatable bonds is 6. The fourth-order valence-corrected chi connectivity index (χ4v) is 3.43. The van der Waals surface area contributed by atoms with Gasteiger partial charge in [0, 0.05) is 19.6 Å². The first-order valence-corrected chi connectivity index (χ1v) is 8.39. The highest BCUT2D eigenvalue weighted by Gasteiger charge is 2.23. The standard InChI is InChI=1S/C15H26N2O2S/c1-11(2)14(16)8-9-17(5)20(18,19)15-10-12(3)6-7-13(15)4/h6-7,10-11,14H,8-9,16H2,1-5H3. The van der Waals surface area contributed by atoms with Crippen LogP contribution in [0.3, 0.4) is 0 Å². The number of aryl methyl sites for hydroxylation is 2. The first-order valence-electron chi connectivity index (χ1n) is 6.95. The first-order chi connectivity index (χ1) is 9.16. The maximum Gasteiger partial charge on any atom is 0.243 e. The SMILES string of the molecule is Cc1ccc(C)c(S(=O)(=O)N(C)CCC(N)C(C)C)c1. The van der Waals surface area contributed by atoms with Crippen molar-refractivity contribution in [1.82, 2.24) is 4.31 Å². The van der Waals surface area contributed by atoms with Crippen molar-refractivity contribution < 1.29 is 8.42 Å². The molecule has 0 spiro atoms. The molecule has 0 aliphatic carbocycles. The van der Waals surface area contributed by atoms with Crippen LogP contribution in [0.1, 0.15) is 31.4 Å². The van der Waals surface area contributed by atoms with Gasteiger partial charge in [-0.1, -0.05) is 26.0 Å². The van der Waals surface area contributed by atoms with Crippen LogP contribution in [0.4, 0.5) is 0 Å². The number of hydrogen-bond donors (Lipinski definition) is 1. The lowest BCUT2D eigenvalue weighted by Crippen LogP contribution is -2.34. The van der Waals surface area contributed by atoms with Gasteiger partial charge in [0.05, 0.1) is 4.90 Å². The second kappa shape index (κ2) is 6.70. The predicted octanol–water partition coefficient (Wildman–Crippen LogP) is 2.30. The van der Waals surface area contributed by atoms with Gasteiger partial charge >= 0.3 is 0 Å². The lowest BCUT2D eigenvalue weighted by atomic mass is 10.0. The lowest BCUT2D eigenvalue weighted by Gasteiger charge is -2.22. The molecule has 0 bridgehead atoms. The van der Waals surface area contributed by atoms with Gasteiger partial charge in [-0.05, 0) is 43.4 Å². The fraction of sp³-hybridized carbons (Fsp3) is 0.600. The molecule has 114 valence electrons. The van der Waals surface area contributed by atoms with Crippen LogP contribution in [-0.2, 0) is 10.0 Å². The third-order valence-corrected chi connectivity index (χ3v) is 5.66. The number of nitrogens with two attached hydrogens (primary N) is 1. The highest BCUT2D eigenvalue weighted by molar-refractivity contribution is 7.89. The van der Waals surface area contributed by atoms with E-state index in [4.69, 9.17) is 5.73 Å². The van der Waals surface area contributed by atoms with Crippen LogP contribution in [0.15, 0.2) is 23.1 Å². The molecule has 0 radical (unpaired) electrons. The summed E-state index contributed by atoms with van der Waals surface area (Å²) in [4.78, 5) is 0.387. The van der Waals surface area contributed by atoms with E-state index < -0.39 is 10.0 Å². The Kier molecular flexibility index (Phi) is 5.74. The van der Waals surface area contributed by atoms with E-state index in [1.54, 1.807) is 13.1 Å². The van der Waals surface area contributed by atoms with Gasteiger partial charge in [-0.25, -0.2) is 12.7 Å². The van der Waals surface area contributed by atoms with Crippen LogP contribution < -0.4 is 5.73 Å². The van der Waals surface area contributed by atoms with Gasteiger partial charge in [-0.15, -0.1) is 0 Å². The molecule has 20 heavy (non-hydrogen) atoms. The number of sulfonamides is 1. The van der Waals surface area contributed by atoms with Crippen molar-refractivity contribution in [2.24, 2.45) is 11.7 Å². The zero-order valence-corrected chi connectivity index (χ0v) is 13.9. The van der Waals surface area contributed by atoms with Gasteiger partial charge in [0.25, 0.3) is 0 Å². The zero-order valence-electron chi connectivity index (χ0n) is 13.1. The summed E-state index contributed by atoms with van der Waals surface area (Å²) in [6, 6.07) is 5.51. The number of hydrogen-bond acceptors (Lipinski definition) is 3. The highest BCUT2D eigenvalue weighted by atomic mass is 32.2. The second-order valence-corrected chi connectivity index (χ2v) is 7.81. The molecule has 0 aliphatic heterocycles. The van der Waals surface area contributed by atoms with E-state index in [-0.39, 0.29) is 6.04 Å². The molecule has 0 aromatic heterocycles. The maximum atomic E-state index is 12.6. The van der Waals surface area contributed by atoms with Gasteiger partial charge in [0.2, 0.25) is 10.0 Å². The van der Waals surface area contributed by atoms with Crippen molar-refractivity contribution in [3.8, 4) is 0 Å². The minimum atomic E-state index is -3.44. The Labute approximate surface area is 123 Å². The molecule has 0 heterocycles. The van der Waals surface area contributed by atoms with Gasteiger partial charge < -0.3 is 5.73 Å². The summed E-state index contributed by atoms with van der Waals surface area (Å²) in [5.74, 6) is 0.354. The van der Waals surface area contributed by atoms with E-state index in [9.17, 15) is 8.42 Å². The Bertz CT molecular complexity index is 553. The summed E-state index contributed by atoms with van der Waals surface area (Å²) >= 11 is 0. The van der Waals surface area contributed by atoms with Crippen molar-refractivity contribution in [2.75, 3.05) is 13.6 Å². The Hall–Kier alpha value is -0.910. The number of benzene rings is 1. The third kappa shape index (κ3) is 4.04. The van der Waals surface area contributed by atoms with Crippen LogP contribution in [0, 0.1) is 19.8 Å². The van der Waals surface area contributed by atoms with Gasteiger partial charge in [0.15, 0.2) is 0 Å². The summed E-state index contributed by atoms with van der Waals surface area (Å²) in [7, 11) is -1.82. The van der Waals surface area contributed by atoms with E-state index >= 15 is 0 Å². The van der Waals surface area contributed by atoms with Gasteiger partial charge in [0.1, 0.15) is 0 Å². The molecule has 1 atom stereocenters. The highest BCUT2D eigenvalue weighted by Crippen LogP contribution is 2.20. The van der Waals surface area contributed by atoms with Crippen LogP contribution in [-0.4, -0.2) is 32.4 Å². The summed E-state index contributed by atoms with van der Waals surface area (Å²) in [5.41, 5.74) is 7.70. The smallest absolute Gasteiger partial charge is 0.243 e. The largest absolute Gasteiger partial charge is 0.327 e. The van der Waals surface area contributed by atoms with E-state index in [0.29, 0.717) is 23.8 Å². The molecule has 0 aliphatic rings. The molecular weight excluding hydrogens is 272 g/mol. The summed E-state index contributed by atoms with van der Waals surface area (Å²) in [6.07, 6.45) is 0.665. The monoisotopic (exact) mass is 298 g/mol. The molecule has 1 rings (SSSR count). The van der Waals surface area contributed by atoms with Crippen molar-refractivity contribution >= 4 is 10.0 Å². The summed E-state index contributed by atoms with van der Waals surface area (Å²) in [6.45, 7) is 8.25. The van der Waals surface area contributed by atoms with E-state index in [1.165, 1.54) is 4.31 Å². The summed E-state index contributed by atoms with van der Waals surface area (Å²) < 4.78 is 26.5. The summed E-state index contributed by atoms with van der Waals surface area (Å²) in [5, 5.41) is 0. The van der Waals surface area contributed by atoms with Gasteiger partial charge in [-0.2, -0.15) is 0 Å². The first kappa shape index (κ1) is 17.1. The molecule has 0 saturated carbocycles. The average Bonchev–Trinajstić information content (AvgIpc) is 2.37. The zero-order chi connectivity index (χ0) is 15.5. The molecule has 0 saturated heterocycles. The lowest BCUT2D eigenvalue weighted by molar-refractivity contribution is 0.397. The van der Waals surface area contributed by atoms with E-state index in [0.717, 1.165) is 11.1 Å². The number of nitrogens with zero attached hydrogens (tertiary/aromatic N) is 1. The molecule has 1 unspecified atom stereocenters. The van der Waals surface area contributed by atoms with Crippen molar-refractivity contribution in [2.45, 2.75) is 45.1 Å². The van der Waals surface area contributed by atoms with Crippen LogP contribution in [0.2, 0.25) is 0 Å². The Morgan fingerprint density at radius 3 is 2.40 bits per heavy atom. The van der Waals surface area contributed by atoms with Crippen molar-refractivity contribution in [3.63, 3.8) is 0 Å².